The summed E-state index contributed by atoms with van der Waals surface area (Å²) in [6.45, 7) is -0.396. The number of benzene rings is 2. The van der Waals surface area contributed by atoms with E-state index in [-0.39, 0.29) is 25.1 Å². The summed E-state index contributed by atoms with van der Waals surface area (Å²) in [6.07, 6.45) is 1.73. The van der Waals surface area contributed by atoms with Gasteiger partial charge in [0.15, 0.2) is 18.1 Å². The number of hydrogen-bond donors (Lipinski definition) is 0. The highest BCUT2D eigenvalue weighted by Crippen LogP contribution is 2.29. The van der Waals surface area contributed by atoms with Crippen LogP contribution in [0.25, 0.3) is 10.9 Å². The van der Waals surface area contributed by atoms with Gasteiger partial charge in [-0.2, -0.15) is 5.26 Å². The van der Waals surface area contributed by atoms with Crippen LogP contribution in [0.5, 0.6) is 11.5 Å². The zero-order valence-electron chi connectivity index (χ0n) is 18.9. The van der Waals surface area contributed by atoms with Gasteiger partial charge in [-0.15, -0.1) is 0 Å². The third kappa shape index (κ3) is 5.69. The lowest BCUT2D eigenvalue weighted by atomic mass is 10.2. The van der Waals surface area contributed by atoms with Gasteiger partial charge in [-0.25, -0.2) is 4.98 Å². The second kappa shape index (κ2) is 11.5. The van der Waals surface area contributed by atoms with Crippen LogP contribution in [0.15, 0.2) is 53.6 Å². The first-order valence-electron chi connectivity index (χ1n) is 10.5. The summed E-state index contributed by atoms with van der Waals surface area (Å²) in [5.41, 5.74) is 0.740. The zero-order chi connectivity index (χ0) is 24.5. The summed E-state index contributed by atoms with van der Waals surface area (Å²) < 4.78 is 17.0. The predicted molar refractivity (Wildman–Crippen MR) is 124 cm³/mol. The first-order valence-corrected chi connectivity index (χ1v) is 10.5. The minimum Gasteiger partial charge on any atom is -0.493 e. The van der Waals surface area contributed by atoms with E-state index >= 15 is 0 Å². The van der Waals surface area contributed by atoms with Crippen molar-refractivity contribution < 1.29 is 23.8 Å². The van der Waals surface area contributed by atoms with Gasteiger partial charge in [-0.3, -0.25) is 23.9 Å². The highest BCUT2D eigenvalue weighted by molar-refractivity contribution is 5.95. The number of methoxy groups -OCH3 is 2. The molecule has 0 atom stereocenters. The van der Waals surface area contributed by atoms with Crippen molar-refractivity contribution in [1.29, 1.82) is 5.26 Å². The molecular weight excluding hydrogens is 440 g/mol. The number of esters is 1. The van der Waals surface area contributed by atoms with Crippen LogP contribution in [0, 0.1) is 11.3 Å². The molecule has 0 aliphatic heterocycles. The molecule has 0 saturated heterocycles. The number of hydrogen-bond acceptors (Lipinski definition) is 8. The minimum absolute atomic E-state index is 0.00722. The Labute approximate surface area is 195 Å². The molecule has 0 unspecified atom stereocenters. The zero-order valence-corrected chi connectivity index (χ0v) is 18.9. The Bertz CT molecular complexity index is 1270. The average molecular weight is 464 g/mol. The number of ether oxygens (including phenoxy) is 3. The summed E-state index contributed by atoms with van der Waals surface area (Å²) >= 11 is 0. The topological polar surface area (TPSA) is 124 Å². The van der Waals surface area contributed by atoms with Gasteiger partial charge in [-0.1, -0.05) is 18.2 Å². The van der Waals surface area contributed by atoms with Crippen LogP contribution in [-0.4, -0.2) is 48.8 Å². The molecule has 0 N–H and O–H groups in total. The Morgan fingerprint density at radius 3 is 2.50 bits per heavy atom. The molecule has 2 aromatic carbocycles. The van der Waals surface area contributed by atoms with Crippen molar-refractivity contribution in [3.63, 3.8) is 0 Å². The molecule has 1 amide bonds. The van der Waals surface area contributed by atoms with Gasteiger partial charge in [0.25, 0.3) is 11.5 Å². The predicted octanol–water partition coefficient (Wildman–Crippen LogP) is 2.29. The Balaban J connectivity index is 1.56. The molecule has 3 aromatic rings. The number of aromatic nitrogens is 2. The quantitative estimate of drug-likeness (QED) is 0.331. The Morgan fingerprint density at radius 2 is 1.82 bits per heavy atom. The number of aryl methyl sites for hydroxylation is 1. The molecule has 10 heteroatoms. The van der Waals surface area contributed by atoms with Crippen molar-refractivity contribution in [3.8, 4) is 17.6 Å². The van der Waals surface area contributed by atoms with Gasteiger partial charge in [-0.05, 0) is 24.6 Å². The van der Waals surface area contributed by atoms with E-state index in [1.54, 1.807) is 42.5 Å². The standard InChI is InChI=1S/C24H24N4O6/c1-32-20-13-18-19(14-21(20)33-2)26-16-27(24(18)31)11-6-9-23(30)34-15-22(29)28(12-10-25)17-7-4-3-5-8-17/h3-5,7-8,13-14,16H,6,9,11-12,15H2,1-2H3. The Kier molecular flexibility index (Phi) is 8.18. The van der Waals surface area contributed by atoms with Gasteiger partial charge < -0.3 is 14.2 Å². The molecule has 0 bridgehead atoms. The van der Waals surface area contributed by atoms with E-state index in [0.717, 1.165) is 0 Å². The van der Waals surface area contributed by atoms with E-state index in [9.17, 15) is 14.4 Å². The summed E-state index contributed by atoms with van der Waals surface area (Å²) in [4.78, 5) is 42.9. The van der Waals surface area contributed by atoms with Crippen molar-refractivity contribution in [2.24, 2.45) is 0 Å². The molecule has 0 radical (unpaired) electrons. The number of nitriles is 1. The smallest absolute Gasteiger partial charge is 0.306 e. The fraction of sp³-hybridized carbons (Fsp3) is 0.292. The largest absolute Gasteiger partial charge is 0.493 e. The lowest BCUT2D eigenvalue weighted by Crippen LogP contribution is -2.35. The van der Waals surface area contributed by atoms with E-state index in [1.807, 2.05) is 6.07 Å². The average Bonchev–Trinajstić information content (AvgIpc) is 2.87. The highest BCUT2D eigenvalue weighted by Gasteiger charge is 2.17. The molecule has 3 rings (SSSR count). The van der Waals surface area contributed by atoms with Gasteiger partial charge in [0.05, 0.1) is 37.5 Å². The number of para-hydroxylation sites is 1. The maximum Gasteiger partial charge on any atom is 0.306 e. The summed E-state index contributed by atoms with van der Waals surface area (Å²) in [6, 6.07) is 13.8. The summed E-state index contributed by atoms with van der Waals surface area (Å²) in [5, 5.41) is 9.36. The number of rotatable bonds is 10. The van der Waals surface area contributed by atoms with Gasteiger partial charge in [0.2, 0.25) is 0 Å². The molecule has 176 valence electrons. The van der Waals surface area contributed by atoms with Crippen molar-refractivity contribution in [1.82, 2.24) is 9.55 Å². The number of fused-ring (bicyclic) bond motifs is 1. The minimum atomic E-state index is -0.577. The van der Waals surface area contributed by atoms with Crippen molar-refractivity contribution in [2.75, 3.05) is 32.3 Å². The summed E-state index contributed by atoms with van der Waals surface area (Å²) in [5.74, 6) is -0.190. The maximum absolute atomic E-state index is 12.8. The van der Waals surface area contributed by atoms with Crippen LogP contribution in [0.4, 0.5) is 5.69 Å². The number of anilines is 1. The third-order valence-corrected chi connectivity index (χ3v) is 5.06. The molecule has 1 heterocycles. The van der Waals surface area contributed by atoms with E-state index in [1.165, 1.54) is 30.0 Å². The van der Waals surface area contributed by atoms with E-state index < -0.39 is 18.5 Å². The highest BCUT2D eigenvalue weighted by atomic mass is 16.5. The van der Waals surface area contributed by atoms with Crippen LogP contribution in [0.2, 0.25) is 0 Å². The summed E-state index contributed by atoms with van der Waals surface area (Å²) in [7, 11) is 2.98. The van der Waals surface area contributed by atoms with Crippen molar-refractivity contribution >= 4 is 28.5 Å². The number of nitrogens with zero attached hydrogens (tertiary/aromatic N) is 4. The second-order valence-corrected chi connectivity index (χ2v) is 7.21. The van der Waals surface area contributed by atoms with Crippen LogP contribution in [0.1, 0.15) is 12.8 Å². The number of amides is 1. The number of carbonyl (C=O) groups excluding carboxylic acids is 2. The molecule has 0 aliphatic rings. The van der Waals surface area contributed by atoms with Crippen LogP contribution in [0.3, 0.4) is 0 Å². The van der Waals surface area contributed by atoms with Gasteiger partial charge in [0, 0.05) is 24.7 Å². The molecule has 1 aromatic heterocycles. The molecular formula is C24H24N4O6. The normalized spacial score (nSPS) is 10.4. The molecule has 0 saturated carbocycles. The molecule has 0 fully saturated rings. The number of carbonyl (C=O) groups is 2. The van der Waals surface area contributed by atoms with E-state index in [0.29, 0.717) is 34.5 Å². The molecule has 10 nitrogen and oxygen atoms in total. The first kappa shape index (κ1) is 24.3. The van der Waals surface area contributed by atoms with Crippen LogP contribution in [-0.2, 0) is 20.9 Å². The van der Waals surface area contributed by atoms with E-state index in [4.69, 9.17) is 19.5 Å². The second-order valence-electron chi connectivity index (χ2n) is 7.21. The Hall–Kier alpha value is -4.39. The fourth-order valence-electron chi connectivity index (χ4n) is 3.33. The lowest BCUT2D eigenvalue weighted by molar-refractivity contribution is -0.147. The fourth-order valence-corrected chi connectivity index (χ4v) is 3.33. The van der Waals surface area contributed by atoms with Crippen molar-refractivity contribution in [3.05, 3.63) is 59.1 Å². The van der Waals surface area contributed by atoms with E-state index in [2.05, 4.69) is 4.98 Å². The molecule has 34 heavy (non-hydrogen) atoms. The Morgan fingerprint density at radius 1 is 1.12 bits per heavy atom. The van der Waals surface area contributed by atoms with Gasteiger partial charge in [0.1, 0.15) is 6.54 Å². The SMILES string of the molecule is COc1cc2ncn(CCCC(=O)OCC(=O)N(CC#N)c3ccccc3)c(=O)c2cc1OC. The molecule has 0 aliphatic carbocycles. The van der Waals surface area contributed by atoms with Crippen molar-refractivity contribution in [2.45, 2.75) is 19.4 Å². The first-order chi connectivity index (χ1) is 16.5. The van der Waals surface area contributed by atoms with Crippen LogP contribution >= 0.6 is 0 Å². The maximum atomic E-state index is 12.8. The molecule has 0 spiro atoms. The monoisotopic (exact) mass is 464 g/mol. The third-order valence-electron chi connectivity index (χ3n) is 5.06. The van der Waals surface area contributed by atoms with Crippen LogP contribution < -0.4 is 19.9 Å². The lowest BCUT2D eigenvalue weighted by Gasteiger charge is -2.19. The van der Waals surface area contributed by atoms with Gasteiger partial charge >= 0.3 is 5.97 Å².